The van der Waals surface area contributed by atoms with Gasteiger partial charge in [0, 0.05) is 23.0 Å². The Morgan fingerprint density at radius 1 is 1.25 bits per heavy atom. The highest BCUT2D eigenvalue weighted by molar-refractivity contribution is 6.31. The number of carbonyl (C=O) groups excluding carboxylic acids is 1. The molecule has 0 saturated heterocycles. The van der Waals surface area contributed by atoms with Crippen molar-refractivity contribution in [3.63, 3.8) is 0 Å². The summed E-state index contributed by atoms with van der Waals surface area (Å²) >= 11 is 5.64. The quantitative estimate of drug-likeness (QED) is 0.469. The summed E-state index contributed by atoms with van der Waals surface area (Å²) < 4.78 is 38.1. The molecule has 0 aliphatic heterocycles. The number of hydrogen-bond acceptors (Lipinski definition) is 4. The van der Waals surface area contributed by atoms with Gasteiger partial charge in [-0.15, -0.1) is 0 Å². The number of aryl methyl sites for hydroxylation is 1. The van der Waals surface area contributed by atoms with E-state index < -0.39 is 29.6 Å². The number of anilines is 2. The molecule has 6 nitrogen and oxygen atoms in total. The van der Waals surface area contributed by atoms with Crippen LogP contribution in [0.1, 0.15) is 29.8 Å². The van der Waals surface area contributed by atoms with E-state index in [0.717, 1.165) is 18.2 Å². The van der Waals surface area contributed by atoms with Crippen LogP contribution < -0.4 is 10.6 Å². The van der Waals surface area contributed by atoms with Crippen LogP contribution in [0, 0.1) is 22.9 Å². The molecule has 1 amide bonds. The summed E-state index contributed by atoms with van der Waals surface area (Å²) in [6.07, 6.45) is -2.68. The minimum absolute atomic E-state index is 0.0131. The summed E-state index contributed by atoms with van der Waals surface area (Å²) in [7, 11) is 0. The van der Waals surface area contributed by atoms with E-state index >= 15 is 0 Å². The number of hydrogen-bond donors (Lipinski definition) is 2. The van der Waals surface area contributed by atoms with Crippen molar-refractivity contribution < 1.29 is 22.9 Å². The Bertz CT molecular complexity index is 863. The maximum absolute atomic E-state index is 13.2. The highest BCUT2D eigenvalue weighted by Gasteiger charge is 2.21. The summed E-state index contributed by atoms with van der Waals surface area (Å²) in [5, 5.41) is 15.6. The van der Waals surface area contributed by atoms with Crippen LogP contribution in [0.5, 0.6) is 0 Å². The van der Waals surface area contributed by atoms with Crippen molar-refractivity contribution in [3.8, 4) is 0 Å². The molecule has 0 aliphatic rings. The number of alkyl halides is 2. The fourth-order valence-electron chi connectivity index (χ4n) is 2.19. The first kappa shape index (κ1) is 23.2. The van der Waals surface area contributed by atoms with Crippen molar-refractivity contribution >= 4 is 34.6 Å². The lowest BCUT2D eigenvalue weighted by Crippen LogP contribution is -2.18. The number of amides is 1. The van der Waals surface area contributed by atoms with Crippen LogP contribution in [-0.4, -0.2) is 23.8 Å². The molecular weight excluding hydrogens is 399 g/mol. The largest absolute Gasteiger partial charge is 0.379 e. The second kappa shape index (κ2) is 10.5. The second-order valence-electron chi connectivity index (χ2n) is 5.30. The first-order valence-corrected chi connectivity index (χ1v) is 8.64. The Labute approximate surface area is 164 Å². The minimum Gasteiger partial charge on any atom is -0.379 e. The predicted molar refractivity (Wildman–Crippen MR) is 103 cm³/mol. The smallest absolute Gasteiger partial charge is 0.273 e. The fraction of sp³-hybridized carbons (Fsp3) is 0.278. The Morgan fingerprint density at radius 3 is 2.43 bits per heavy atom. The van der Waals surface area contributed by atoms with Crippen molar-refractivity contribution in [3.05, 3.63) is 62.4 Å². The molecule has 0 aliphatic carbocycles. The van der Waals surface area contributed by atoms with Crippen LogP contribution in [0.2, 0.25) is 5.02 Å². The van der Waals surface area contributed by atoms with Crippen LogP contribution in [0.15, 0.2) is 30.3 Å². The van der Waals surface area contributed by atoms with Gasteiger partial charge in [0.15, 0.2) is 0 Å². The first-order chi connectivity index (χ1) is 13.2. The van der Waals surface area contributed by atoms with E-state index in [-0.39, 0.29) is 33.2 Å². The minimum atomic E-state index is -2.68. The highest BCUT2D eigenvalue weighted by atomic mass is 35.5. The Morgan fingerprint density at radius 2 is 1.89 bits per heavy atom. The van der Waals surface area contributed by atoms with Gasteiger partial charge in [-0.05, 0) is 31.2 Å². The third-order valence-electron chi connectivity index (χ3n) is 3.40. The van der Waals surface area contributed by atoms with Crippen LogP contribution in [-0.2, 0) is 0 Å². The molecule has 0 fully saturated rings. The van der Waals surface area contributed by atoms with E-state index in [4.69, 9.17) is 11.6 Å². The molecule has 0 radical (unpaired) electrons. The molecule has 0 aromatic heterocycles. The topological polar surface area (TPSA) is 84.3 Å². The van der Waals surface area contributed by atoms with Crippen molar-refractivity contribution in [1.82, 2.24) is 0 Å². The van der Waals surface area contributed by atoms with Gasteiger partial charge in [-0.1, -0.05) is 25.4 Å². The predicted octanol–water partition coefficient (Wildman–Crippen LogP) is 5.65. The maximum atomic E-state index is 13.2. The molecule has 0 atom stereocenters. The summed E-state index contributed by atoms with van der Waals surface area (Å²) in [6, 6.07) is 5.67. The second-order valence-corrected chi connectivity index (χ2v) is 5.70. The summed E-state index contributed by atoms with van der Waals surface area (Å²) in [6.45, 7) is 4.69. The molecular formula is C18H19ClF3N3O3. The van der Waals surface area contributed by atoms with Crippen molar-refractivity contribution in [2.75, 3.05) is 17.2 Å². The van der Waals surface area contributed by atoms with Crippen LogP contribution >= 0.6 is 11.6 Å². The summed E-state index contributed by atoms with van der Waals surface area (Å²) in [5.41, 5.74) is -0.185. The number of nitro benzene ring substituents is 1. The highest BCUT2D eigenvalue weighted by Crippen LogP contribution is 2.28. The maximum Gasteiger partial charge on any atom is 0.273 e. The van der Waals surface area contributed by atoms with Crippen LogP contribution in [0.4, 0.5) is 30.2 Å². The Hall–Kier alpha value is -2.81. The van der Waals surface area contributed by atoms with Gasteiger partial charge in [0.25, 0.3) is 18.0 Å². The van der Waals surface area contributed by atoms with E-state index in [9.17, 15) is 28.1 Å². The van der Waals surface area contributed by atoms with Gasteiger partial charge in [0.2, 0.25) is 0 Å². The van der Waals surface area contributed by atoms with Gasteiger partial charge in [-0.25, -0.2) is 13.2 Å². The monoisotopic (exact) mass is 417 g/mol. The first-order valence-electron chi connectivity index (χ1n) is 8.26. The van der Waals surface area contributed by atoms with E-state index in [1.54, 1.807) is 0 Å². The average molecular weight is 418 g/mol. The zero-order chi connectivity index (χ0) is 21.4. The van der Waals surface area contributed by atoms with Crippen molar-refractivity contribution in [2.24, 2.45) is 0 Å². The van der Waals surface area contributed by atoms with Gasteiger partial charge >= 0.3 is 0 Å². The molecule has 28 heavy (non-hydrogen) atoms. The molecule has 0 spiro atoms. The molecule has 2 aromatic rings. The molecule has 152 valence electrons. The number of benzene rings is 2. The Balaban J connectivity index is 0.00000190. The zero-order valence-electron chi connectivity index (χ0n) is 15.4. The number of nitro groups is 1. The van der Waals surface area contributed by atoms with Gasteiger partial charge in [-0.3, -0.25) is 14.9 Å². The number of rotatable bonds is 6. The standard InChI is InChI=1S/C16H13ClF3N3O3.C2H6/c1-8-4-13(21-7-15(19)20)10(6-14(8)23(25)26)16(24)22-9-2-3-12(18)11(17)5-9;1-2/h2-6,15,21H,7H2,1H3,(H,22,24);1-2H3. The van der Waals surface area contributed by atoms with Crippen LogP contribution in [0.3, 0.4) is 0 Å². The van der Waals surface area contributed by atoms with Gasteiger partial charge in [0.1, 0.15) is 5.82 Å². The molecule has 2 aromatic carbocycles. The van der Waals surface area contributed by atoms with E-state index in [2.05, 4.69) is 10.6 Å². The molecule has 2 N–H and O–H groups in total. The summed E-state index contributed by atoms with van der Waals surface area (Å²) in [5.74, 6) is -1.48. The molecule has 0 saturated carbocycles. The van der Waals surface area contributed by atoms with Gasteiger partial charge in [0.05, 0.1) is 22.1 Å². The number of carbonyl (C=O) groups is 1. The average Bonchev–Trinajstić information content (AvgIpc) is 2.64. The third kappa shape index (κ3) is 6.12. The van der Waals surface area contributed by atoms with Gasteiger partial charge in [-0.2, -0.15) is 0 Å². The SMILES string of the molecule is CC.Cc1cc(NCC(F)F)c(C(=O)Nc2ccc(F)c(Cl)c2)cc1[N+](=O)[O-]. The molecule has 10 heteroatoms. The van der Waals surface area contributed by atoms with Crippen molar-refractivity contribution in [1.29, 1.82) is 0 Å². The molecule has 0 unspecified atom stereocenters. The fourth-order valence-corrected chi connectivity index (χ4v) is 2.37. The number of halogens is 4. The van der Waals surface area contributed by atoms with E-state index in [0.29, 0.717) is 0 Å². The van der Waals surface area contributed by atoms with Gasteiger partial charge < -0.3 is 10.6 Å². The zero-order valence-corrected chi connectivity index (χ0v) is 16.1. The normalized spacial score (nSPS) is 10.1. The number of nitrogens with zero attached hydrogens (tertiary/aromatic N) is 1. The molecule has 0 bridgehead atoms. The molecule has 0 heterocycles. The van der Waals surface area contributed by atoms with E-state index in [1.807, 2.05) is 13.8 Å². The lowest BCUT2D eigenvalue weighted by molar-refractivity contribution is -0.385. The Kier molecular flexibility index (Phi) is 8.72. The molecule has 2 rings (SSSR count). The van der Waals surface area contributed by atoms with Crippen molar-refractivity contribution in [2.45, 2.75) is 27.2 Å². The number of nitrogens with one attached hydrogen (secondary N) is 2. The third-order valence-corrected chi connectivity index (χ3v) is 3.69. The lowest BCUT2D eigenvalue weighted by Gasteiger charge is -2.13. The van der Waals surface area contributed by atoms with E-state index in [1.165, 1.54) is 19.1 Å². The van der Waals surface area contributed by atoms with Crippen LogP contribution in [0.25, 0.3) is 0 Å². The summed E-state index contributed by atoms with van der Waals surface area (Å²) in [4.78, 5) is 22.9. The lowest BCUT2D eigenvalue weighted by atomic mass is 10.1.